The first kappa shape index (κ1) is 25.5. The van der Waals surface area contributed by atoms with Crippen LogP contribution < -0.4 is 26.6 Å². The molecule has 1 aromatic heterocycles. The molecule has 0 aliphatic heterocycles. The highest BCUT2D eigenvalue weighted by Gasteiger charge is 2.27. The van der Waals surface area contributed by atoms with Crippen molar-refractivity contribution in [2.24, 2.45) is 16.5 Å². The van der Waals surface area contributed by atoms with Crippen molar-refractivity contribution in [3.8, 4) is 0 Å². The van der Waals surface area contributed by atoms with E-state index in [9.17, 15) is 27.2 Å². The van der Waals surface area contributed by atoms with E-state index in [1.807, 2.05) is 0 Å². The highest BCUT2D eigenvalue weighted by molar-refractivity contribution is 7.91. The molecule has 6 N–H and O–H groups in total. The van der Waals surface area contributed by atoms with Crippen LogP contribution in [0.15, 0.2) is 46.3 Å². The van der Waals surface area contributed by atoms with E-state index in [0.717, 1.165) is 11.0 Å². The molecule has 2 rings (SSSR count). The van der Waals surface area contributed by atoms with Crippen molar-refractivity contribution in [2.75, 3.05) is 16.2 Å². The number of carbonyl (C=O) groups is 2. The zero-order valence-corrected chi connectivity index (χ0v) is 18.6. The van der Waals surface area contributed by atoms with E-state index < -0.39 is 44.8 Å². The summed E-state index contributed by atoms with van der Waals surface area (Å²) in [6, 6.07) is 5.56. The van der Waals surface area contributed by atoms with Crippen molar-refractivity contribution < 1.29 is 22.4 Å². The third kappa shape index (κ3) is 7.14. The van der Waals surface area contributed by atoms with Crippen LogP contribution in [0.25, 0.3) is 0 Å². The average Bonchev–Trinajstić information content (AvgIpc) is 2.73. The van der Waals surface area contributed by atoms with Gasteiger partial charge in [0.15, 0.2) is 5.96 Å². The Morgan fingerprint density at radius 2 is 2.00 bits per heavy atom. The van der Waals surface area contributed by atoms with Crippen molar-refractivity contribution in [1.82, 2.24) is 4.98 Å². The van der Waals surface area contributed by atoms with Gasteiger partial charge in [0.2, 0.25) is 15.9 Å². The summed E-state index contributed by atoms with van der Waals surface area (Å²) >= 11 is 0. The first-order chi connectivity index (χ1) is 15.6. The Hall–Kier alpha value is -3.74. The molecule has 0 aliphatic rings. The molecule has 0 spiro atoms. The SMILES string of the molecule is CC(=O)N(c1cc[nH]c(=O)c1NS(=O)(=O)Cc1ccccc1F)[C@H](C=O)CCCN=C(N)N. The summed E-state index contributed by atoms with van der Waals surface area (Å²) in [7, 11) is -4.26. The molecule has 0 saturated carbocycles. The number of rotatable bonds is 11. The monoisotopic (exact) mass is 480 g/mol. The molecule has 1 heterocycles. The minimum absolute atomic E-state index is 0.104. The topological polar surface area (TPSA) is 181 Å². The molecule has 0 bridgehead atoms. The summed E-state index contributed by atoms with van der Waals surface area (Å²) in [5.41, 5.74) is 8.99. The van der Waals surface area contributed by atoms with Crippen LogP contribution in [0.2, 0.25) is 0 Å². The normalized spacial score (nSPS) is 11.9. The Morgan fingerprint density at radius 1 is 1.30 bits per heavy atom. The number of halogens is 1. The minimum Gasteiger partial charge on any atom is -0.370 e. The molecule has 1 atom stereocenters. The number of hydrogen-bond acceptors (Lipinski definition) is 6. The Labute approximate surface area is 189 Å². The zero-order chi connectivity index (χ0) is 24.6. The smallest absolute Gasteiger partial charge is 0.274 e. The lowest BCUT2D eigenvalue weighted by atomic mass is 10.1. The zero-order valence-electron chi connectivity index (χ0n) is 17.8. The number of aromatic amines is 1. The lowest BCUT2D eigenvalue weighted by molar-refractivity contribution is -0.119. The fraction of sp³-hybridized carbons (Fsp3) is 0.300. The minimum atomic E-state index is -4.26. The molecule has 0 fully saturated rings. The molecule has 0 saturated heterocycles. The fourth-order valence-electron chi connectivity index (χ4n) is 3.13. The van der Waals surface area contributed by atoms with Gasteiger partial charge in [0, 0.05) is 25.2 Å². The van der Waals surface area contributed by atoms with Gasteiger partial charge in [-0.25, -0.2) is 12.8 Å². The molecule has 0 aliphatic carbocycles. The standard InChI is InChI=1S/C20H25FN6O5S/c1-13(29)27(15(11-28)6-4-9-25-20(22)23)17-8-10-24-19(30)18(17)26-33(31,32)12-14-5-2-3-7-16(14)21/h2-3,5,7-8,10-11,15,26H,4,6,9,12H2,1H3,(H,24,30)(H4,22,23,25)/t15-/m0/s1. The lowest BCUT2D eigenvalue weighted by Gasteiger charge is -2.28. The number of benzene rings is 1. The molecule has 1 aromatic carbocycles. The average molecular weight is 481 g/mol. The van der Waals surface area contributed by atoms with E-state index in [1.165, 1.54) is 37.4 Å². The number of amides is 1. The molecular formula is C20H25FN6O5S. The number of guanidine groups is 1. The Kier molecular flexibility index (Phi) is 8.68. The molecule has 1 amide bonds. The second-order valence-corrected chi connectivity index (χ2v) is 8.78. The molecule has 11 nitrogen and oxygen atoms in total. The Bertz CT molecular complexity index is 1190. The third-order valence-corrected chi connectivity index (χ3v) is 5.75. The Balaban J connectivity index is 2.39. The molecular weight excluding hydrogens is 455 g/mol. The van der Waals surface area contributed by atoms with E-state index in [1.54, 1.807) is 0 Å². The van der Waals surface area contributed by atoms with Gasteiger partial charge in [0.1, 0.15) is 17.8 Å². The van der Waals surface area contributed by atoms with Crippen molar-refractivity contribution in [3.05, 3.63) is 58.3 Å². The van der Waals surface area contributed by atoms with Crippen LogP contribution in [0.1, 0.15) is 25.3 Å². The van der Waals surface area contributed by atoms with E-state index in [-0.39, 0.29) is 30.2 Å². The number of aliphatic imine (C=N–C) groups is 1. The fourth-order valence-corrected chi connectivity index (χ4v) is 4.35. The lowest BCUT2D eigenvalue weighted by Crippen LogP contribution is -2.42. The molecule has 0 unspecified atom stereocenters. The number of nitrogens with zero attached hydrogens (tertiary/aromatic N) is 2. The maximum absolute atomic E-state index is 13.9. The predicted molar refractivity (Wildman–Crippen MR) is 123 cm³/mol. The van der Waals surface area contributed by atoms with Crippen molar-refractivity contribution in [2.45, 2.75) is 31.6 Å². The highest BCUT2D eigenvalue weighted by atomic mass is 32.2. The van der Waals surface area contributed by atoms with Crippen LogP contribution in [0, 0.1) is 5.82 Å². The number of anilines is 2. The van der Waals surface area contributed by atoms with Gasteiger partial charge in [-0.3, -0.25) is 19.3 Å². The predicted octanol–water partition coefficient (Wildman–Crippen LogP) is 0.430. The van der Waals surface area contributed by atoms with Gasteiger partial charge in [-0.2, -0.15) is 0 Å². The van der Waals surface area contributed by atoms with Crippen molar-refractivity contribution in [3.63, 3.8) is 0 Å². The van der Waals surface area contributed by atoms with Gasteiger partial charge >= 0.3 is 0 Å². The quantitative estimate of drug-likeness (QED) is 0.156. The maximum Gasteiger partial charge on any atom is 0.274 e. The molecule has 13 heteroatoms. The third-order valence-electron chi connectivity index (χ3n) is 4.54. The summed E-state index contributed by atoms with van der Waals surface area (Å²) in [5, 5.41) is 0. The number of nitrogens with two attached hydrogens (primary N) is 2. The second-order valence-electron chi connectivity index (χ2n) is 7.06. The van der Waals surface area contributed by atoms with Gasteiger partial charge < -0.3 is 26.1 Å². The number of hydrogen-bond donors (Lipinski definition) is 4. The van der Waals surface area contributed by atoms with Crippen LogP contribution in [0.4, 0.5) is 15.8 Å². The van der Waals surface area contributed by atoms with Crippen LogP contribution in [0.5, 0.6) is 0 Å². The number of H-pyrrole nitrogens is 1. The number of aromatic nitrogens is 1. The van der Waals surface area contributed by atoms with E-state index in [2.05, 4.69) is 14.7 Å². The molecule has 33 heavy (non-hydrogen) atoms. The van der Waals surface area contributed by atoms with Gasteiger partial charge in [-0.15, -0.1) is 0 Å². The molecule has 2 aromatic rings. The first-order valence-electron chi connectivity index (χ1n) is 9.81. The number of pyridine rings is 1. The second kappa shape index (κ2) is 11.2. The number of nitrogens with one attached hydrogen (secondary N) is 2. The van der Waals surface area contributed by atoms with Crippen LogP contribution in [0.3, 0.4) is 0 Å². The van der Waals surface area contributed by atoms with Gasteiger partial charge in [0.25, 0.3) is 5.56 Å². The van der Waals surface area contributed by atoms with Gasteiger partial charge in [-0.1, -0.05) is 18.2 Å². The summed E-state index contributed by atoms with van der Waals surface area (Å²) in [6.45, 7) is 1.38. The van der Waals surface area contributed by atoms with Crippen molar-refractivity contribution >= 4 is 39.6 Å². The summed E-state index contributed by atoms with van der Waals surface area (Å²) in [6.07, 6.45) is 2.20. The maximum atomic E-state index is 13.9. The summed E-state index contributed by atoms with van der Waals surface area (Å²) < 4.78 is 41.4. The largest absolute Gasteiger partial charge is 0.370 e. The van der Waals surface area contributed by atoms with Crippen LogP contribution in [-0.2, 0) is 25.4 Å². The molecule has 178 valence electrons. The Morgan fingerprint density at radius 3 is 2.61 bits per heavy atom. The molecule has 0 radical (unpaired) electrons. The first-order valence-corrected chi connectivity index (χ1v) is 11.5. The van der Waals surface area contributed by atoms with Crippen molar-refractivity contribution in [1.29, 1.82) is 0 Å². The van der Waals surface area contributed by atoms with E-state index >= 15 is 0 Å². The van der Waals surface area contributed by atoms with E-state index in [0.29, 0.717) is 12.7 Å². The van der Waals surface area contributed by atoms with Gasteiger partial charge in [-0.05, 0) is 25.0 Å². The van der Waals surface area contributed by atoms with Crippen LogP contribution >= 0.6 is 0 Å². The van der Waals surface area contributed by atoms with Gasteiger partial charge in [0.05, 0.1) is 17.5 Å². The summed E-state index contributed by atoms with van der Waals surface area (Å²) in [4.78, 5) is 43.8. The number of carbonyl (C=O) groups excluding carboxylic acids is 2. The highest BCUT2D eigenvalue weighted by Crippen LogP contribution is 2.26. The number of sulfonamides is 1. The summed E-state index contributed by atoms with van der Waals surface area (Å²) in [5.74, 6) is -2.20. The number of aldehydes is 1. The van der Waals surface area contributed by atoms with Crippen LogP contribution in [-0.4, -0.2) is 44.1 Å². The van der Waals surface area contributed by atoms with E-state index in [4.69, 9.17) is 11.5 Å².